The van der Waals surface area contributed by atoms with Gasteiger partial charge in [-0.3, -0.25) is 4.79 Å². The van der Waals surface area contributed by atoms with Gasteiger partial charge in [0.05, 0.1) is 0 Å². The lowest BCUT2D eigenvalue weighted by Crippen LogP contribution is -2.51. The molecule has 0 radical (unpaired) electrons. The Morgan fingerprint density at radius 2 is 2.00 bits per heavy atom. The molecule has 0 aromatic carbocycles. The molecule has 0 heterocycles. The number of rotatable bonds is 1. The van der Waals surface area contributed by atoms with Crippen LogP contribution in [-0.2, 0) is 4.79 Å². The zero-order chi connectivity index (χ0) is 7.80. The molecule has 0 aromatic rings. The Morgan fingerprint density at radius 1 is 1.45 bits per heavy atom. The minimum atomic E-state index is -0.824. The summed E-state index contributed by atoms with van der Waals surface area (Å²) in [6, 6.07) is 0. The summed E-state index contributed by atoms with van der Waals surface area (Å²) in [6.45, 7) is 0. The number of hydrogen-bond acceptors (Lipinski definition) is 2. The van der Waals surface area contributed by atoms with Gasteiger partial charge in [-0.25, -0.2) is 0 Å². The molecular weight excluding hydrogens is 142 g/mol. The van der Waals surface area contributed by atoms with Crippen molar-refractivity contribution in [1.29, 1.82) is 0 Å². The Hall–Kier alpha value is -0.570. The molecule has 4 saturated carbocycles. The maximum atomic E-state index is 10.9. The molecule has 3 heteroatoms. The highest BCUT2D eigenvalue weighted by Gasteiger charge is 2.77. The maximum Gasteiger partial charge on any atom is 0.324 e. The van der Waals surface area contributed by atoms with Crippen molar-refractivity contribution in [2.75, 3.05) is 0 Å². The molecule has 4 bridgehead atoms. The first-order valence-electron chi connectivity index (χ1n) is 4.18. The van der Waals surface area contributed by atoms with E-state index >= 15 is 0 Å². The van der Waals surface area contributed by atoms with Crippen LogP contribution in [-0.4, -0.2) is 16.6 Å². The molecule has 4 aliphatic carbocycles. The third kappa shape index (κ3) is 0.415. The summed E-state index contributed by atoms with van der Waals surface area (Å²) >= 11 is 0. The second-order valence-electron chi connectivity index (χ2n) is 4.26. The lowest BCUT2D eigenvalue weighted by atomic mass is 9.90. The summed E-state index contributed by atoms with van der Waals surface area (Å²) in [5, 5.41) is 8.94. The zero-order valence-corrected chi connectivity index (χ0v) is 6.16. The maximum absolute atomic E-state index is 10.9. The van der Waals surface area contributed by atoms with Crippen molar-refractivity contribution in [3.63, 3.8) is 0 Å². The molecule has 3 N–H and O–H groups in total. The van der Waals surface area contributed by atoms with Gasteiger partial charge in [-0.15, -0.1) is 0 Å². The van der Waals surface area contributed by atoms with Crippen molar-refractivity contribution in [1.82, 2.24) is 0 Å². The van der Waals surface area contributed by atoms with Crippen LogP contribution in [0.4, 0.5) is 0 Å². The Kier molecular flexibility index (Phi) is 0.727. The highest BCUT2D eigenvalue weighted by molar-refractivity contribution is 5.82. The first-order chi connectivity index (χ1) is 5.15. The fraction of sp³-hybridized carbons (Fsp3) is 0.875. The van der Waals surface area contributed by atoms with Crippen LogP contribution in [0.15, 0.2) is 0 Å². The summed E-state index contributed by atoms with van der Waals surface area (Å²) in [7, 11) is 0. The van der Waals surface area contributed by atoms with Crippen molar-refractivity contribution in [2.45, 2.75) is 18.4 Å². The van der Waals surface area contributed by atoms with Crippen LogP contribution in [0.1, 0.15) is 12.8 Å². The number of hydrogen-bond donors (Lipinski definition) is 2. The Bertz CT molecular complexity index is 236. The summed E-state index contributed by atoms with van der Waals surface area (Å²) < 4.78 is 0. The van der Waals surface area contributed by atoms with Gasteiger partial charge in [-0.05, 0) is 36.5 Å². The lowest BCUT2D eigenvalue weighted by Gasteiger charge is -2.22. The predicted molar refractivity (Wildman–Crippen MR) is 37.7 cm³/mol. The molecular formula is C8H11NO2. The van der Waals surface area contributed by atoms with Crippen LogP contribution < -0.4 is 5.73 Å². The number of carbonyl (C=O) groups is 1. The number of nitrogens with two attached hydrogens (primary N) is 1. The van der Waals surface area contributed by atoms with E-state index in [4.69, 9.17) is 10.8 Å². The molecule has 5 atom stereocenters. The van der Waals surface area contributed by atoms with Gasteiger partial charge in [0.15, 0.2) is 0 Å². The van der Waals surface area contributed by atoms with E-state index < -0.39 is 11.5 Å². The third-order valence-corrected chi connectivity index (χ3v) is 4.04. The molecule has 0 amide bonds. The van der Waals surface area contributed by atoms with Crippen molar-refractivity contribution >= 4 is 5.97 Å². The van der Waals surface area contributed by atoms with Crippen molar-refractivity contribution < 1.29 is 9.90 Å². The van der Waals surface area contributed by atoms with Crippen molar-refractivity contribution in [3.05, 3.63) is 0 Å². The number of carboxylic acid groups (broad SMARTS) is 1. The smallest absolute Gasteiger partial charge is 0.324 e. The number of carboxylic acids is 1. The van der Waals surface area contributed by atoms with Crippen LogP contribution >= 0.6 is 0 Å². The van der Waals surface area contributed by atoms with Crippen LogP contribution in [0.2, 0.25) is 0 Å². The highest BCUT2D eigenvalue weighted by atomic mass is 16.4. The van der Waals surface area contributed by atoms with Gasteiger partial charge in [-0.2, -0.15) is 0 Å². The van der Waals surface area contributed by atoms with Gasteiger partial charge in [0.2, 0.25) is 0 Å². The molecule has 0 spiro atoms. The topological polar surface area (TPSA) is 63.3 Å². The van der Waals surface area contributed by atoms with Gasteiger partial charge in [0, 0.05) is 0 Å². The normalized spacial score (nSPS) is 63.4. The summed E-state index contributed by atoms with van der Waals surface area (Å²) in [5.74, 6) is 1.22. The molecule has 4 aliphatic rings. The van der Waals surface area contributed by atoms with Crippen LogP contribution in [0.25, 0.3) is 0 Å². The third-order valence-electron chi connectivity index (χ3n) is 4.04. The molecule has 3 unspecified atom stereocenters. The van der Waals surface area contributed by atoms with Crippen LogP contribution in [0.3, 0.4) is 0 Å². The van der Waals surface area contributed by atoms with E-state index in [0.29, 0.717) is 23.7 Å². The Labute approximate surface area is 64.6 Å². The average molecular weight is 153 g/mol. The lowest BCUT2D eigenvalue weighted by molar-refractivity contribution is -0.144. The fourth-order valence-corrected chi connectivity index (χ4v) is 3.53. The minimum absolute atomic E-state index is 0.292. The van der Waals surface area contributed by atoms with Gasteiger partial charge in [-0.1, -0.05) is 0 Å². The van der Waals surface area contributed by atoms with E-state index in [9.17, 15) is 4.79 Å². The number of aliphatic carboxylic acids is 1. The Morgan fingerprint density at radius 3 is 2.18 bits per heavy atom. The van der Waals surface area contributed by atoms with E-state index in [-0.39, 0.29) is 0 Å². The standard InChI is InChI=1S/C8H11NO2/c9-8(7(10)11)3-1-4-5(2-3)6(4)8/h3-6H,1-2,9H2,(H,10,11)/t3?,4-,5?,6?,8-/m1/s1. The largest absolute Gasteiger partial charge is 0.480 e. The average Bonchev–Trinajstić information content (AvgIpc) is 2.34. The van der Waals surface area contributed by atoms with Gasteiger partial charge in [0.1, 0.15) is 5.54 Å². The summed E-state index contributed by atoms with van der Waals surface area (Å²) in [5.41, 5.74) is 5.05. The van der Waals surface area contributed by atoms with Crippen LogP contribution in [0.5, 0.6) is 0 Å². The van der Waals surface area contributed by atoms with E-state index in [1.54, 1.807) is 0 Å². The van der Waals surface area contributed by atoms with E-state index in [1.807, 2.05) is 0 Å². The van der Waals surface area contributed by atoms with E-state index in [2.05, 4.69) is 0 Å². The zero-order valence-electron chi connectivity index (χ0n) is 6.16. The highest BCUT2D eigenvalue weighted by Crippen LogP contribution is 2.73. The molecule has 60 valence electrons. The van der Waals surface area contributed by atoms with E-state index in [0.717, 1.165) is 12.8 Å². The predicted octanol–water partition coefficient (Wildman–Crippen LogP) is 0.0543. The van der Waals surface area contributed by atoms with E-state index in [1.165, 1.54) is 0 Å². The van der Waals surface area contributed by atoms with Gasteiger partial charge in [0.25, 0.3) is 0 Å². The molecule has 0 aliphatic heterocycles. The van der Waals surface area contributed by atoms with Gasteiger partial charge < -0.3 is 10.8 Å². The Balaban J connectivity index is 2.07. The molecule has 0 aromatic heterocycles. The fourth-order valence-electron chi connectivity index (χ4n) is 3.53. The second kappa shape index (κ2) is 1.33. The molecule has 4 rings (SSSR count). The second-order valence-corrected chi connectivity index (χ2v) is 4.26. The van der Waals surface area contributed by atoms with Crippen molar-refractivity contribution in [3.8, 4) is 0 Å². The first kappa shape index (κ1) is 6.00. The molecule has 0 saturated heterocycles. The summed E-state index contributed by atoms with van der Waals surface area (Å²) in [6.07, 6.45) is 2.16. The monoisotopic (exact) mass is 153 g/mol. The van der Waals surface area contributed by atoms with Crippen molar-refractivity contribution in [2.24, 2.45) is 29.4 Å². The quantitative estimate of drug-likeness (QED) is 0.559. The van der Waals surface area contributed by atoms with Crippen LogP contribution in [0, 0.1) is 23.7 Å². The molecule has 4 fully saturated rings. The minimum Gasteiger partial charge on any atom is -0.480 e. The first-order valence-corrected chi connectivity index (χ1v) is 4.18. The summed E-state index contributed by atoms with van der Waals surface area (Å²) in [4.78, 5) is 10.9. The van der Waals surface area contributed by atoms with Gasteiger partial charge >= 0.3 is 5.97 Å². The SMILES string of the molecule is N[C@]1(C(=O)O)C2CC3C1[C@@H]3C2. The molecule has 3 nitrogen and oxygen atoms in total. The molecule has 11 heavy (non-hydrogen) atoms.